The fraction of sp³-hybridized carbons (Fsp3) is 0.458. The van der Waals surface area contributed by atoms with Crippen LogP contribution in [0.1, 0.15) is 43.4 Å². The fourth-order valence-corrected chi connectivity index (χ4v) is 5.13. The monoisotopic (exact) mass is 451 g/mol. The number of anilines is 1. The Morgan fingerprint density at radius 3 is 2.59 bits per heavy atom. The van der Waals surface area contributed by atoms with E-state index in [1.54, 1.807) is 6.26 Å². The summed E-state index contributed by atoms with van der Waals surface area (Å²) >= 11 is 1.44. The Balaban J connectivity index is 1.22. The highest BCUT2D eigenvalue weighted by Gasteiger charge is 2.44. The molecule has 1 aromatic carbocycles. The number of aromatic nitrogens is 3. The van der Waals surface area contributed by atoms with E-state index < -0.39 is 0 Å². The summed E-state index contributed by atoms with van der Waals surface area (Å²) in [5.41, 5.74) is 1.43. The third-order valence-corrected chi connectivity index (χ3v) is 7.39. The van der Waals surface area contributed by atoms with Crippen molar-refractivity contribution < 1.29 is 9.21 Å². The summed E-state index contributed by atoms with van der Waals surface area (Å²) in [4.78, 5) is 14.9. The molecule has 3 aromatic rings. The first-order chi connectivity index (χ1) is 15.7. The van der Waals surface area contributed by atoms with E-state index >= 15 is 0 Å². The molecule has 1 N–H and O–H groups in total. The van der Waals surface area contributed by atoms with Crippen molar-refractivity contribution in [2.45, 2.75) is 49.2 Å². The van der Waals surface area contributed by atoms with Crippen molar-refractivity contribution in [2.75, 3.05) is 30.3 Å². The molecule has 2 aliphatic rings. The molecule has 1 amide bonds. The van der Waals surface area contributed by atoms with E-state index in [1.165, 1.54) is 36.6 Å². The van der Waals surface area contributed by atoms with Gasteiger partial charge in [-0.15, -0.1) is 10.2 Å². The predicted octanol–water partition coefficient (Wildman–Crippen LogP) is 3.85. The minimum absolute atomic E-state index is 0.0317. The van der Waals surface area contributed by atoms with E-state index in [-0.39, 0.29) is 11.3 Å². The van der Waals surface area contributed by atoms with E-state index in [9.17, 15) is 4.79 Å². The maximum absolute atomic E-state index is 12.6. The van der Waals surface area contributed by atoms with E-state index in [0.717, 1.165) is 42.8 Å². The van der Waals surface area contributed by atoms with Gasteiger partial charge in [0.2, 0.25) is 11.9 Å². The van der Waals surface area contributed by atoms with Crippen molar-refractivity contribution in [3.8, 4) is 0 Å². The van der Waals surface area contributed by atoms with Crippen LogP contribution in [0.3, 0.4) is 0 Å². The molecule has 1 saturated heterocycles. The quantitative estimate of drug-likeness (QED) is 0.498. The largest absolute Gasteiger partial charge is 0.467 e. The van der Waals surface area contributed by atoms with Gasteiger partial charge in [0.05, 0.1) is 18.6 Å². The minimum Gasteiger partial charge on any atom is -0.467 e. The summed E-state index contributed by atoms with van der Waals surface area (Å²) < 4.78 is 7.65. The third-order valence-electron chi connectivity index (χ3n) is 6.43. The molecule has 7 nitrogen and oxygen atoms in total. The van der Waals surface area contributed by atoms with Gasteiger partial charge in [-0.25, -0.2) is 0 Å². The second-order valence-corrected chi connectivity index (χ2v) is 9.65. The Hall–Kier alpha value is -2.74. The van der Waals surface area contributed by atoms with Crippen LogP contribution in [-0.2, 0) is 16.8 Å². The van der Waals surface area contributed by atoms with Gasteiger partial charge in [0.25, 0.3) is 0 Å². The van der Waals surface area contributed by atoms with Gasteiger partial charge in [-0.2, -0.15) is 0 Å². The second kappa shape index (κ2) is 9.40. The summed E-state index contributed by atoms with van der Waals surface area (Å²) in [5.74, 6) is 2.07. The number of amides is 1. The number of hydrogen-bond donors (Lipinski definition) is 1. The predicted molar refractivity (Wildman–Crippen MR) is 125 cm³/mol. The lowest BCUT2D eigenvalue weighted by molar-refractivity contribution is -0.118. The molecule has 0 unspecified atom stereocenters. The number of nitrogens with one attached hydrogen (secondary N) is 1. The number of piperidine rings is 1. The molecule has 1 saturated carbocycles. The molecule has 32 heavy (non-hydrogen) atoms. The highest BCUT2D eigenvalue weighted by atomic mass is 32.2. The first kappa shape index (κ1) is 21.1. The van der Waals surface area contributed by atoms with Crippen LogP contribution in [0.25, 0.3) is 0 Å². The van der Waals surface area contributed by atoms with Crippen LogP contribution in [-0.4, -0.2) is 46.1 Å². The lowest BCUT2D eigenvalue weighted by Gasteiger charge is -2.27. The van der Waals surface area contributed by atoms with Crippen molar-refractivity contribution in [3.05, 3.63) is 60.1 Å². The van der Waals surface area contributed by atoms with Crippen LogP contribution in [0.15, 0.2) is 58.3 Å². The van der Waals surface area contributed by atoms with Gasteiger partial charge in [0.15, 0.2) is 5.16 Å². The summed E-state index contributed by atoms with van der Waals surface area (Å²) in [6.07, 6.45) is 7.53. The van der Waals surface area contributed by atoms with Crippen molar-refractivity contribution in [2.24, 2.45) is 0 Å². The number of furan rings is 1. The molecular weight excluding hydrogens is 422 g/mol. The molecule has 2 fully saturated rings. The van der Waals surface area contributed by atoms with Gasteiger partial charge in [-0.3, -0.25) is 9.36 Å². The highest BCUT2D eigenvalue weighted by Crippen LogP contribution is 2.47. The molecule has 168 valence electrons. The minimum atomic E-state index is 0.0317. The zero-order valence-electron chi connectivity index (χ0n) is 18.2. The van der Waals surface area contributed by atoms with Gasteiger partial charge >= 0.3 is 0 Å². The Morgan fingerprint density at radius 1 is 1.06 bits per heavy atom. The van der Waals surface area contributed by atoms with E-state index in [2.05, 4.69) is 49.2 Å². The molecule has 0 radical (unpaired) electrons. The van der Waals surface area contributed by atoms with Gasteiger partial charge in [0, 0.05) is 25.0 Å². The molecule has 1 aliphatic carbocycles. The van der Waals surface area contributed by atoms with Crippen molar-refractivity contribution >= 4 is 23.6 Å². The van der Waals surface area contributed by atoms with Crippen molar-refractivity contribution in [1.29, 1.82) is 0 Å². The van der Waals surface area contributed by atoms with Gasteiger partial charge < -0.3 is 14.6 Å². The Labute approximate surface area is 192 Å². The zero-order chi connectivity index (χ0) is 21.8. The lowest BCUT2D eigenvalue weighted by atomic mass is 9.96. The summed E-state index contributed by atoms with van der Waals surface area (Å²) in [7, 11) is 0. The molecular formula is C24H29N5O2S. The Bertz CT molecular complexity index is 1020. The van der Waals surface area contributed by atoms with Gasteiger partial charge in [0.1, 0.15) is 5.76 Å². The van der Waals surface area contributed by atoms with Crippen LogP contribution in [0.5, 0.6) is 0 Å². The summed E-state index contributed by atoms with van der Waals surface area (Å²) in [5, 5.41) is 12.8. The molecule has 8 heteroatoms. The van der Waals surface area contributed by atoms with Crippen LogP contribution >= 0.6 is 11.8 Å². The van der Waals surface area contributed by atoms with Crippen molar-refractivity contribution in [3.63, 3.8) is 0 Å². The van der Waals surface area contributed by atoms with E-state index in [0.29, 0.717) is 18.8 Å². The number of carbonyl (C=O) groups excluding carboxylic acids is 1. The summed E-state index contributed by atoms with van der Waals surface area (Å²) in [6, 6.07) is 14.3. The van der Waals surface area contributed by atoms with Crippen molar-refractivity contribution in [1.82, 2.24) is 20.1 Å². The maximum atomic E-state index is 12.6. The molecule has 1 aliphatic heterocycles. The van der Waals surface area contributed by atoms with Crippen LogP contribution in [0.2, 0.25) is 0 Å². The lowest BCUT2D eigenvalue weighted by Crippen LogP contribution is -2.33. The second-order valence-electron chi connectivity index (χ2n) is 8.71. The topological polar surface area (TPSA) is 76.2 Å². The molecule has 2 aromatic heterocycles. The zero-order valence-corrected chi connectivity index (χ0v) is 19.0. The molecule has 0 bridgehead atoms. The SMILES string of the molecule is O=C(CSc1nnc(N2CCCCC2)n1Cc1ccco1)NCC1(c2ccccc2)CC1. The average molecular weight is 452 g/mol. The normalized spacial score (nSPS) is 17.3. The smallest absolute Gasteiger partial charge is 0.230 e. The fourth-order valence-electron chi connectivity index (χ4n) is 4.37. The molecule has 5 rings (SSSR count). The molecule has 3 heterocycles. The number of thioether (sulfide) groups is 1. The Kier molecular flexibility index (Phi) is 6.21. The number of benzene rings is 1. The maximum Gasteiger partial charge on any atom is 0.230 e. The third kappa shape index (κ3) is 4.70. The number of carbonyl (C=O) groups is 1. The molecule has 0 atom stereocenters. The van der Waals surface area contributed by atoms with E-state index in [1.807, 2.05) is 18.2 Å². The van der Waals surface area contributed by atoms with E-state index in [4.69, 9.17) is 4.42 Å². The van der Waals surface area contributed by atoms with Gasteiger partial charge in [-0.1, -0.05) is 42.1 Å². The van der Waals surface area contributed by atoms with Gasteiger partial charge in [-0.05, 0) is 49.8 Å². The van der Waals surface area contributed by atoms with Crippen LogP contribution in [0.4, 0.5) is 5.95 Å². The standard InChI is InChI=1S/C24H29N5O2S/c30-21(25-18-24(11-12-24)19-8-3-1-4-9-19)17-32-23-27-26-22(28-13-5-2-6-14-28)29(23)16-20-10-7-15-31-20/h1,3-4,7-10,15H,2,5-6,11-14,16-18H2,(H,25,30). The first-order valence-corrected chi connectivity index (χ1v) is 12.4. The highest BCUT2D eigenvalue weighted by molar-refractivity contribution is 7.99. The van der Waals surface area contributed by atoms with Crippen LogP contribution < -0.4 is 10.2 Å². The number of nitrogens with zero attached hydrogens (tertiary/aromatic N) is 4. The first-order valence-electron chi connectivity index (χ1n) is 11.4. The Morgan fingerprint density at radius 2 is 1.88 bits per heavy atom. The number of rotatable bonds is 9. The summed E-state index contributed by atoms with van der Waals surface area (Å²) in [6.45, 7) is 3.23. The van der Waals surface area contributed by atoms with Crippen LogP contribution in [0, 0.1) is 0 Å². The number of hydrogen-bond acceptors (Lipinski definition) is 6. The average Bonchev–Trinajstić information content (AvgIpc) is 3.26. The molecule has 0 spiro atoms.